The average molecular weight is 256 g/mol. The van der Waals surface area contributed by atoms with E-state index in [9.17, 15) is 0 Å². The number of aryl methyl sites for hydroxylation is 1. The van der Waals surface area contributed by atoms with Crippen molar-refractivity contribution in [2.24, 2.45) is 7.05 Å². The van der Waals surface area contributed by atoms with Crippen LogP contribution >= 0.6 is 0 Å². The van der Waals surface area contributed by atoms with Gasteiger partial charge in [0, 0.05) is 12.6 Å². The Labute approximate surface area is 113 Å². The Morgan fingerprint density at radius 2 is 1.95 bits per heavy atom. The van der Waals surface area contributed by atoms with Gasteiger partial charge in [0.05, 0.1) is 6.20 Å². The molecule has 0 bridgehead atoms. The molecule has 2 heterocycles. The molecule has 0 aliphatic carbocycles. The molecule has 1 saturated heterocycles. The van der Waals surface area contributed by atoms with Crippen LogP contribution in [-0.2, 0) is 7.05 Å². The van der Waals surface area contributed by atoms with Crippen molar-refractivity contribution in [2.75, 3.05) is 18.8 Å². The van der Waals surface area contributed by atoms with Gasteiger partial charge in [-0.1, -0.05) is 24.3 Å². The van der Waals surface area contributed by atoms with Crippen molar-refractivity contribution in [1.82, 2.24) is 15.1 Å². The van der Waals surface area contributed by atoms with Gasteiger partial charge < -0.3 is 11.1 Å². The quantitative estimate of drug-likeness (QED) is 0.865. The molecule has 1 aliphatic heterocycles. The van der Waals surface area contributed by atoms with Gasteiger partial charge in [0.1, 0.15) is 5.82 Å². The minimum atomic E-state index is 0.622. The van der Waals surface area contributed by atoms with E-state index in [0.717, 1.165) is 24.5 Å². The summed E-state index contributed by atoms with van der Waals surface area (Å²) >= 11 is 0. The highest BCUT2D eigenvalue weighted by atomic mass is 15.3. The fraction of sp³-hybridized carbons (Fsp3) is 0.400. The number of nitrogen functional groups attached to an aromatic ring is 1. The van der Waals surface area contributed by atoms with Gasteiger partial charge in [0.2, 0.25) is 0 Å². The van der Waals surface area contributed by atoms with E-state index >= 15 is 0 Å². The summed E-state index contributed by atoms with van der Waals surface area (Å²) in [6, 6.07) is 8.59. The molecule has 0 atom stereocenters. The van der Waals surface area contributed by atoms with Crippen LogP contribution < -0.4 is 11.1 Å². The third-order valence-electron chi connectivity index (χ3n) is 4.01. The summed E-state index contributed by atoms with van der Waals surface area (Å²) in [5.74, 6) is 1.36. The van der Waals surface area contributed by atoms with Crippen LogP contribution in [0.3, 0.4) is 0 Å². The second-order valence-corrected chi connectivity index (χ2v) is 5.18. The van der Waals surface area contributed by atoms with E-state index in [1.54, 1.807) is 4.68 Å². The van der Waals surface area contributed by atoms with Gasteiger partial charge in [-0.05, 0) is 43.0 Å². The van der Waals surface area contributed by atoms with Crippen LogP contribution in [0.5, 0.6) is 0 Å². The van der Waals surface area contributed by atoms with Gasteiger partial charge in [-0.25, -0.2) is 0 Å². The standard InChI is InChI=1S/C15H20N4/c1-19-15(16)14(10-18-19)13-5-3-2-4-12(13)11-6-8-17-9-7-11/h2-5,10-11,17H,6-9,16H2,1H3. The van der Waals surface area contributed by atoms with Crippen LogP contribution in [-0.4, -0.2) is 22.9 Å². The van der Waals surface area contributed by atoms with Crippen molar-refractivity contribution in [3.63, 3.8) is 0 Å². The van der Waals surface area contributed by atoms with Crippen molar-refractivity contribution in [3.8, 4) is 11.1 Å². The summed E-state index contributed by atoms with van der Waals surface area (Å²) in [7, 11) is 1.88. The lowest BCUT2D eigenvalue weighted by Gasteiger charge is -2.25. The zero-order chi connectivity index (χ0) is 13.2. The topological polar surface area (TPSA) is 55.9 Å². The number of nitrogens with zero attached hydrogens (tertiary/aromatic N) is 2. The van der Waals surface area contributed by atoms with E-state index in [1.807, 2.05) is 13.2 Å². The molecule has 1 aromatic heterocycles. The predicted molar refractivity (Wildman–Crippen MR) is 77.9 cm³/mol. The van der Waals surface area contributed by atoms with Crippen LogP contribution in [0, 0.1) is 0 Å². The minimum absolute atomic E-state index is 0.622. The van der Waals surface area contributed by atoms with E-state index in [2.05, 4.69) is 34.7 Å². The number of aromatic nitrogens is 2. The molecule has 1 fully saturated rings. The largest absolute Gasteiger partial charge is 0.383 e. The molecule has 1 aliphatic rings. The maximum absolute atomic E-state index is 6.12. The molecule has 2 aromatic rings. The van der Waals surface area contributed by atoms with Gasteiger partial charge in [-0.3, -0.25) is 4.68 Å². The maximum atomic E-state index is 6.12. The molecule has 0 saturated carbocycles. The summed E-state index contributed by atoms with van der Waals surface area (Å²) in [6.07, 6.45) is 4.25. The van der Waals surface area contributed by atoms with E-state index < -0.39 is 0 Å². The molecule has 0 amide bonds. The number of nitrogens with two attached hydrogens (primary N) is 1. The second kappa shape index (κ2) is 5.05. The van der Waals surface area contributed by atoms with E-state index in [0.29, 0.717) is 5.92 Å². The summed E-state index contributed by atoms with van der Waals surface area (Å²) in [4.78, 5) is 0. The number of hydrogen-bond donors (Lipinski definition) is 2. The molecule has 0 radical (unpaired) electrons. The van der Waals surface area contributed by atoms with Crippen LogP contribution in [0.4, 0.5) is 5.82 Å². The SMILES string of the molecule is Cn1ncc(-c2ccccc2C2CCNCC2)c1N. The Morgan fingerprint density at radius 3 is 2.63 bits per heavy atom. The van der Waals surface area contributed by atoms with Crippen molar-refractivity contribution in [3.05, 3.63) is 36.0 Å². The Kier molecular flexibility index (Phi) is 3.25. The Balaban J connectivity index is 2.04. The zero-order valence-corrected chi connectivity index (χ0v) is 11.3. The Morgan fingerprint density at radius 1 is 1.21 bits per heavy atom. The summed E-state index contributed by atoms with van der Waals surface area (Å²) in [6.45, 7) is 2.20. The van der Waals surface area contributed by atoms with E-state index in [1.165, 1.54) is 24.0 Å². The van der Waals surface area contributed by atoms with Gasteiger partial charge in [-0.15, -0.1) is 0 Å². The highest BCUT2D eigenvalue weighted by molar-refractivity contribution is 5.76. The molecule has 19 heavy (non-hydrogen) atoms. The number of anilines is 1. The third-order valence-corrected chi connectivity index (χ3v) is 4.01. The maximum Gasteiger partial charge on any atom is 0.129 e. The number of hydrogen-bond acceptors (Lipinski definition) is 3. The molecule has 1 aromatic carbocycles. The fourth-order valence-electron chi connectivity index (χ4n) is 2.89. The zero-order valence-electron chi connectivity index (χ0n) is 11.3. The van der Waals surface area contributed by atoms with Crippen molar-refractivity contribution in [1.29, 1.82) is 0 Å². The molecule has 0 unspecified atom stereocenters. The van der Waals surface area contributed by atoms with Crippen LogP contribution in [0.1, 0.15) is 24.3 Å². The van der Waals surface area contributed by atoms with E-state index in [4.69, 9.17) is 5.73 Å². The van der Waals surface area contributed by atoms with Crippen LogP contribution in [0.25, 0.3) is 11.1 Å². The van der Waals surface area contributed by atoms with Gasteiger partial charge >= 0.3 is 0 Å². The van der Waals surface area contributed by atoms with Gasteiger partial charge in [-0.2, -0.15) is 5.10 Å². The molecule has 4 nitrogen and oxygen atoms in total. The van der Waals surface area contributed by atoms with Gasteiger partial charge in [0.25, 0.3) is 0 Å². The highest BCUT2D eigenvalue weighted by Gasteiger charge is 2.20. The normalized spacial score (nSPS) is 16.7. The lowest BCUT2D eigenvalue weighted by atomic mass is 9.85. The number of nitrogens with one attached hydrogen (secondary N) is 1. The molecular weight excluding hydrogens is 236 g/mol. The van der Waals surface area contributed by atoms with Crippen molar-refractivity contribution < 1.29 is 0 Å². The molecule has 100 valence electrons. The lowest BCUT2D eigenvalue weighted by molar-refractivity contribution is 0.461. The molecule has 3 rings (SSSR count). The molecule has 3 N–H and O–H groups in total. The monoisotopic (exact) mass is 256 g/mol. The smallest absolute Gasteiger partial charge is 0.129 e. The lowest BCUT2D eigenvalue weighted by Crippen LogP contribution is -2.26. The van der Waals surface area contributed by atoms with Crippen molar-refractivity contribution >= 4 is 5.82 Å². The Hall–Kier alpha value is -1.81. The first-order valence-corrected chi connectivity index (χ1v) is 6.85. The van der Waals surface area contributed by atoms with E-state index in [-0.39, 0.29) is 0 Å². The van der Waals surface area contributed by atoms with Crippen LogP contribution in [0.15, 0.2) is 30.5 Å². The Bertz CT molecular complexity index is 567. The number of piperidine rings is 1. The van der Waals surface area contributed by atoms with Crippen molar-refractivity contribution in [2.45, 2.75) is 18.8 Å². The first-order chi connectivity index (χ1) is 9.27. The third kappa shape index (κ3) is 2.24. The summed E-state index contributed by atoms with van der Waals surface area (Å²) in [5, 5.41) is 7.68. The molecular formula is C15H20N4. The summed E-state index contributed by atoms with van der Waals surface area (Å²) in [5.41, 5.74) is 9.82. The number of benzene rings is 1. The average Bonchev–Trinajstić information content (AvgIpc) is 2.80. The minimum Gasteiger partial charge on any atom is -0.383 e. The fourth-order valence-corrected chi connectivity index (χ4v) is 2.89. The number of rotatable bonds is 2. The highest BCUT2D eigenvalue weighted by Crippen LogP contribution is 2.35. The molecule has 4 heteroatoms. The van der Waals surface area contributed by atoms with Crippen LogP contribution in [0.2, 0.25) is 0 Å². The second-order valence-electron chi connectivity index (χ2n) is 5.18. The summed E-state index contributed by atoms with van der Waals surface area (Å²) < 4.78 is 1.73. The predicted octanol–water partition coefficient (Wildman–Crippen LogP) is 2.14. The first kappa shape index (κ1) is 12.2. The first-order valence-electron chi connectivity index (χ1n) is 6.85. The molecule has 0 spiro atoms. The van der Waals surface area contributed by atoms with Gasteiger partial charge in [0.15, 0.2) is 0 Å².